The lowest BCUT2D eigenvalue weighted by atomic mass is 9.69. The first-order valence-electron chi connectivity index (χ1n) is 26.0. The summed E-state index contributed by atoms with van der Waals surface area (Å²) in [6.45, 7) is 36.2. The highest BCUT2D eigenvalue weighted by molar-refractivity contribution is 6.75. The molecule has 73 heavy (non-hydrogen) atoms. The number of hydrogen-bond acceptors (Lipinski definition) is 9. The zero-order valence-corrected chi connectivity index (χ0v) is 48.4. The molecule has 0 saturated heterocycles. The van der Waals surface area contributed by atoms with Gasteiger partial charge >= 0.3 is 11.9 Å². The van der Waals surface area contributed by atoms with Crippen molar-refractivity contribution in [2.45, 2.75) is 216 Å². The van der Waals surface area contributed by atoms with Gasteiger partial charge < -0.3 is 24.0 Å². The molecule has 0 spiro atoms. The second kappa shape index (κ2) is 24.0. The molecule has 12 heteroatoms. The molecule has 2 aromatic heterocycles. The lowest BCUT2D eigenvalue weighted by Crippen LogP contribution is -2.53. The van der Waals surface area contributed by atoms with E-state index in [0.29, 0.717) is 51.0 Å². The number of carbonyl (C=O) groups excluding carboxylic acids is 3. The van der Waals surface area contributed by atoms with Crippen molar-refractivity contribution in [3.05, 3.63) is 95.3 Å². The van der Waals surface area contributed by atoms with Gasteiger partial charge in [0.1, 0.15) is 0 Å². The average molecular weight is 1040 g/mol. The molecule has 10 nitrogen and oxygen atoms in total. The molecular formula is C61H95N3O7Si2. The second-order valence-electron chi connectivity index (χ2n) is 24.6. The van der Waals surface area contributed by atoms with Crippen LogP contribution in [0.1, 0.15) is 191 Å². The SMILES string of the molecule is C.C.CC(=O)N[C@H](C)c1ccc2ccc(/C=C/C3(C(=O)O[Si](C)(C)C(C)(C)C)CCC(C)(O[Si](C)(C)C(C)(C)C)CC3)cc2n1.CCOC(=O)C1(/C=C/c2ccc3ccc(C(C)C)nc3c2)CCC(C)(O)CC1. The highest BCUT2D eigenvalue weighted by atomic mass is 28.4. The van der Waals surface area contributed by atoms with Gasteiger partial charge in [0.25, 0.3) is 8.32 Å². The summed E-state index contributed by atoms with van der Waals surface area (Å²) in [5.41, 5.74) is 3.36. The summed E-state index contributed by atoms with van der Waals surface area (Å²) >= 11 is 0. The van der Waals surface area contributed by atoms with Gasteiger partial charge in [-0.1, -0.05) is 131 Å². The molecule has 1 amide bonds. The van der Waals surface area contributed by atoms with Crippen LogP contribution in [-0.4, -0.2) is 67.4 Å². The molecule has 2 aliphatic carbocycles. The Morgan fingerprint density at radius 3 is 1.53 bits per heavy atom. The van der Waals surface area contributed by atoms with E-state index in [0.717, 1.165) is 57.2 Å². The van der Waals surface area contributed by atoms with Gasteiger partial charge in [0.2, 0.25) is 5.91 Å². The molecule has 0 radical (unpaired) electrons. The lowest BCUT2D eigenvalue weighted by Gasteiger charge is -2.49. The third-order valence-electron chi connectivity index (χ3n) is 16.1. The second-order valence-corrected chi connectivity index (χ2v) is 34.1. The normalized spacial score (nSPS) is 23.3. The standard InChI is InChI=1S/C35H56N2O4Si2.C24H31NO3.2CH4/c1-25(36-26(2)38)29-17-16-28-15-14-27(24-30(28)37-29)18-19-35(31(39)40-42(10,11)32(3,4)5)22-20-34(9,21-23-35)41-43(12,13)33(6,7)8;1-5-28-22(26)24(14-12-23(4,27)13-15-24)11-10-18-6-7-19-8-9-20(17(2)3)25-21(19)16-18;;/h14-19,24-25H,20-23H2,1-13H3,(H,36,38);6-11,16-17,27H,5,12-15H2,1-4H3;2*1H4/b19-18+;11-10+;;/t25-,34?,35?;;;/m1.../s1. The third kappa shape index (κ3) is 15.8. The van der Waals surface area contributed by atoms with Crippen molar-refractivity contribution in [2.24, 2.45) is 10.8 Å². The van der Waals surface area contributed by atoms with Crippen molar-refractivity contribution in [2.75, 3.05) is 6.61 Å². The van der Waals surface area contributed by atoms with Crippen LogP contribution in [0.15, 0.2) is 72.8 Å². The number of benzene rings is 2. The first-order chi connectivity index (χ1) is 32.7. The Kier molecular flexibility index (Phi) is 20.7. The van der Waals surface area contributed by atoms with Gasteiger partial charge in [0.05, 0.1) is 51.4 Å². The van der Waals surface area contributed by atoms with Crippen LogP contribution in [0.25, 0.3) is 34.0 Å². The molecule has 4 aromatic rings. The maximum absolute atomic E-state index is 14.2. The van der Waals surface area contributed by atoms with Gasteiger partial charge in [-0.3, -0.25) is 24.4 Å². The number of aliphatic hydroxyl groups is 1. The Balaban J connectivity index is 0.000000406. The highest BCUT2D eigenvalue weighted by Crippen LogP contribution is 2.50. The van der Waals surface area contributed by atoms with E-state index < -0.39 is 33.1 Å². The van der Waals surface area contributed by atoms with Crippen LogP contribution < -0.4 is 5.32 Å². The quantitative estimate of drug-likeness (QED) is 0.0990. The summed E-state index contributed by atoms with van der Waals surface area (Å²) in [5, 5.41) is 15.4. The Morgan fingerprint density at radius 1 is 0.671 bits per heavy atom. The van der Waals surface area contributed by atoms with Crippen LogP contribution in [0.3, 0.4) is 0 Å². The van der Waals surface area contributed by atoms with Crippen LogP contribution in [0.4, 0.5) is 0 Å². The van der Waals surface area contributed by atoms with Crippen LogP contribution >= 0.6 is 0 Å². The average Bonchev–Trinajstić information content (AvgIpc) is 3.27. The number of carbonyl (C=O) groups is 3. The van der Waals surface area contributed by atoms with E-state index in [-0.39, 0.29) is 54.4 Å². The zero-order valence-electron chi connectivity index (χ0n) is 46.4. The number of hydrogen-bond donors (Lipinski definition) is 2. The van der Waals surface area contributed by atoms with Gasteiger partial charge in [-0.2, -0.15) is 0 Å². The van der Waals surface area contributed by atoms with Gasteiger partial charge in [-0.15, -0.1) is 0 Å². The van der Waals surface area contributed by atoms with Crippen LogP contribution in [0.5, 0.6) is 0 Å². The van der Waals surface area contributed by atoms with E-state index >= 15 is 0 Å². The van der Waals surface area contributed by atoms with Gasteiger partial charge in [-0.05, 0) is 157 Å². The Labute approximate surface area is 443 Å². The maximum atomic E-state index is 14.2. The van der Waals surface area contributed by atoms with Gasteiger partial charge in [0.15, 0.2) is 8.32 Å². The Bertz CT molecular complexity index is 2580. The van der Waals surface area contributed by atoms with Crippen molar-refractivity contribution in [1.29, 1.82) is 0 Å². The first-order valence-corrected chi connectivity index (χ1v) is 31.9. The monoisotopic (exact) mass is 1040 g/mol. The summed E-state index contributed by atoms with van der Waals surface area (Å²) in [6, 6.07) is 20.3. The van der Waals surface area contributed by atoms with Crippen LogP contribution in [0.2, 0.25) is 36.3 Å². The minimum Gasteiger partial charge on any atom is -0.518 e. The number of aromatic nitrogens is 2. The van der Waals surface area contributed by atoms with E-state index in [4.69, 9.17) is 23.6 Å². The molecule has 2 fully saturated rings. The number of pyridine rings is 2. The number of amides is 1. The van der Waals surface area contributed by atoms with E-state index in [1.807, 2.05) is 51.1 Å². The number of nitrogens with one attached hydrogen (secondary N) is 1. The molecule has 0 aliphatic heterocycles. The summed E-state index contributed by atoms with van der Waals surface area (Å²) in [7, 11) is -4.30. The predicted molar refractivity (Wildman–Crippen MR) is 310 cm³/mol. The predicted octanol–water partition coefficient (Wildman–Crippen LogP) is 15.9. The van der Waals surface area contributed by atoms with Crippen LogP contribution in [0, 0.1) is 10.8 Å². The molecule has 2 aromatic carbocycles. The summed E-state index contributed by atoms with van der Waals surface area (Å²) in [6.07, 6.45) is 13.5. The van der Waals surface area contributed by atoms with Crippen molar-refractivity contribution in [3.8, 4) is 0 Å². The summed E-state index contributed by atoms with van der Waals surface area (Å²) in [4.78, 5) is 48.1. The number of nitrogens with zero attached hydrogens (tertiary/aromatic N) is 2. The maximum Gasteiger partial charge on any atom is 0.315 e. The van der Waals surface area contributed by atoms with E-state index in [1.54, 1.807) is 0 Å². The Hall–Kier alpha value is -4.50. The fourth-order valence-corrected chi connectivity index (χ4v) is 11.6. The number of rotatable bonds is 13. The highest BCUT2D eigenvalue weighted by Gasteiger charge is 2.51. The molecular weight excluding hydrogens is 943 g/mol. The van der Waals surface area contributed by atoms with Gasteiger partial charge in [0, 0.05) is 23.4 Å². The molecule has 2 heterocycles. The van der Waals surface area contributed by atoms with Gasteiger partial charge in [-0.25, -0.2) is 0 Å². The van der Waals surface area contributed by atoms with E-state index in [1.165, 1.54) is 6.92 Å². The molecule has 2 aliphatic rings. The van der Waals surface area contributed by atoms with Crippen molar-refractivity contribution >= 4 is 68.4 Å². The molecule has 0 unspecified atom stereocenters. The van der Waals surface area contributed by atoms with E-state index in [2.05, 4.69) is 148 Å². The molecule has 2 saturated carbocycles. The molecule has 0 bridgehead atoms. The minimum absolute atomic E-state index is 0. The lowest BCUT2D eigenvalue weighted by molar-refractivity contribution is -0.156. The first kappa shape index (κ1) is 62.8. The topological polar surface area (TPSA) is 137 Å². The largest absolute Gasteiger partial charge is 0.518 e. The van der Waals surface area contributed by atoms with Crippen molar-refractivity contribution in [1.82, 2.24) is 15.3 Å². The third-order valence-corrected chi connectivity index (χ3v) is 25.0. The zero-order chi connectivity index (χ0) is 53.0. The number of fused-ring (bicyclic) bond motifs is 2. The molecule has 404 valence electrons. The molecule has 6 rings (SSSR count). The molecule has 1 atom stereocenters. The Morgan fingerprint density at radius 2 is 1.10 bits per heavy atom. The molecule has 2 N–H and O–H groups in total. The minimum atomic E-state index is -2.32. The number of ether oxygens (including phenoxy) is 1. The van der Waals surface area contributed by atoms with Crippen molar-refractivity contribution < 1.29 is 33.1 Å². The summed E-state index contributed by atoms with van der Waals surface area (Å²) in [5.74, 6) is 0.00257. The van der Waals surface area contributed by atoms with Crippen LogP contribution in [-0.2, 0) is 28.0 Å². The number of esters is 1. The van der Waals surface area contributed by atoms with Crippen molar-refractivity contribution in [3.63, 3.8) is 0 Å². The van der Waals surface area contributed by atoms with E-state index in [9.17, 15) is 19.5 Å². The smallest absolute Gasteiger partial charge is 0.315 e. The summed E-state index contributed by atoms with van der Waals surface area (Å²) < 4.78 is 18.8. The fourth-order valence-electron chi connectivity index (χ4n) is 8.93. The fraction of sp³-hybridized carbons (Fsp3) is 0.590.